The highest BCUT2D eigenvalue weighted by atomic mass is 19.1. The Morgan fingerprint density at radius 3 is 2.42 bits per heavy atom. The van der Waals surface area contributed by atoms with Crippen LogP contribution in [0, 0.1) is 6.92 Å². The molecule has 1 aromatic carbocycles. The predicted molar refractivity (Wildman–Crippen MR) is 50.5 cm³/mol. The second-order valence-corrected chi connectivity index (χ2v) is 2.64. The number of aryl methyl sites for hydroxylation is 1. The van der Waals surface area contributed by atoms with Gasteiger partial charge in [0.15, 0.2) is 0 Å². The highest BCUT2D eigenvalue weighted by molar-refractivity contribution is 5.53. The molecule has 0 radical (unpaired) electrons. The molecular weight excluding hydrogens is 151 g/mol. The van der Waals surface area contributed by atoms with E-state index in [4.69, 9.17) is 0 Å². The SMILES string of the molecule is C=C/C(F)=C/c1ccc(C)cc1. The molecule has 62 valence electrons. The standard InChI is InChI=1S/C11H11F/c1-3-11(12)8-10-6-4-9(2)5-7-10/h3-8H,1H2,2H3/b11-8-. The van der Waals surface area contributed by atoms with Gasteiger partial charge in [-0.15, -0.1) is 0 Å². The van der Waals surface area contributed by atoms with Crippen LogP contribution in [0.5, 0.6) is 0 Å². The number of halogens is 1. The number of benzene rings is 1. The zero-order valence-electron chi connectivity index (χ0n) is 7.05. The minimum atomic E-state index is -0.307. The number of rotatable bonds is 2. The molecule has 0 atom stereocenters. The average Bonchev–Trinajstić information content (AvgIpc) is 2.09. The molecule has 0 unspecified atom stereocenters. The Labute approximate surface area is 72.0 Å². The van der Waals surface area contributed by atoms with Crippen LogP contribution in [-0.2, 0) is 0 Å². The molecule has 0 saturated carbocycles. The lowest BCUT2D eigenvalue weighted by Crippen LogP contribution is -1.74. The molecule has 0 spiro atoms. The molecule has 1 heteroatoms. The molecule has 1 rings (SSSR count). The summed E-state index contributed by atoms with van der Waals surface area (Å²) in [5.41, 5.74) is 2.03. The van der Waals surface area contributed by atoms with E-state index in [0.717, 1.165) is 5.56 Å². The molecule has 0 saturated heterocycles. The van der Waals surface area contributed by atoms with Crippen LogP contribution in [0.2, 0.25) is 0 Å². The molecular formula is C11H11F. The number of hydrogen-bond donors (Lipinski definition) is 0. The molecule has 0 aliphatic rings. The van der Waals surface area contributed by atoms with Crippen LogP contribution >= 0.6 is 0 Å². The molecule has 1 aromatic rings. The fourth-order valence-corrected chi connectivity index (χ4v) is 0.881. The van der Waals surface area contributed by atoms with Crippen LogP contribution < -0.4 is 0 Å². The van der Waals surface area contributed by atoms with Crippen molar-refractivity contribution >= 4 is 6.08 Å². The van der Waals surface area contributed by atoms with Crippen molar-refractivity contribution in [1.82, 2.24) is 0 Å². The van der Waals surface area contributed by atoms with Gasteiger partial charge in [-0.25, -0.2) is 4.39 Å². The predicted octanol–water partition coefficient (Wildman–Crippen LogP) is 3.49. The summed E-state index contributed by atoms with van der Waals surface area (Å²) in [5.74, 6) is -0.307. The van der Waals surface area contributed by atoms with Crippen LogP contribution in [0.3, 0.4) is 0 Å². The van der Waals surface area contributed by atoms with Gasteiger partial charge in [-0.1, -0.05) is 36.4 Å². The van der Waals surface area contributed by atoms with Crippen molar-refractivity contribution < 1.29 is 4.39 Å². The van der Waals surface area contributed by atoms with E-state index in [9.17, 15) is 4.39 Å². The summed E-state index contributed by atoms with van der Waals surface area (Å²) in [5, 5.41) is 0. The maximum absolute atomic E-state index is 12.7. The molecule has 0 heterocycles. The van der Waals surface area contributed by atoms with E-state index in [-0.39, 0.29) is 5.83 Å². The van der Waals surface area contributed by atoms with Crippen LogP contribution in [0.15, 0.2) is 42.7 Å². The van der Waals surface area contributed by atoms with Gasteiger partial charge in [0.25, 0.3) is 0 Å². The summed E-state index contributed by atoms with van der Waals surface area (Å²) in [6, 6.07) is 7.64. The topological polar surface area (TPSA) is 0 Å². The molecule has 0 aromatic heterocycles. The highest BCUT2D eigenvalue weighted by Gasteiger charge is 1.89. The van der Waals surface area contributed by atoms with Gasteiger partial charge in [0.05, 0.1) is 0 Å². The first kappa shape index (κ1) is 8.72. The second-order valence-electron chi connectivity index (χ2n) is 2.64. The molecule has 12 heavy (non-hydrogen) atoms. The quantitative estimate of drug-likeness (QED) is 0.584. The Kier molecular flexibility index (Phi) is 2.81. The third-order valence-corrected chi connectivity index (χ3v) is 1.58. The number of hydrogen-bond acceptors (Lipinski definition) is 0. The molecule has 0 fully saturated rings. The van der Waals surface area contributed by atoms with Gasteiger partial charge in [0.1, 0.15) is 5.83 Å². The first-order valence-corrected chi connectivity index (χ1v) is 3.78. The summed E-state index contributed by atoms with van der Waals surface area (Å²) < 4.78 is 12.7. The molecule has 0 bridgehead atoms. The Hall–Kier alpha value is -1.37. The zero-order chi connectivity index (χ0) is 8.97. The van der Waals surface area contributed by atoms with Gasteiger partial charge in [0.2, 0.25) is 0 Å². The van der Waals surface area contributed by atoms with E-state index in [2.05, 4.69) is 6.58 Å². The van der Waals surface area contributed by atoms with Crippen LogP contribution in [0.4, 0.5) is 4.39 Å². The van der Waals surface area contributed by atoms with Crippen LogP contribution in [0.1, 0.15) is 11.1 Å². The van der Waals surface area contributed by atoms with E-state index < -0.39 is 0 Å². The highest BCUT2D eigenvalue weighted by Crippen LogP contribution is 2.09. The van der Waals surface area contributed by atoms with Crippen LogP contribution in [0.25, 0.3) is 6.08 Å². The maximum Gasteiger partial charge on any atom is 0.123 e. The van der Waals surface area contributed by atoms with Crippen molar-refractivity contribution in [2.45, 2.75) is 6.92 Å². The lowest BCUT2D eigenvalue weighted by Gasteiger charge is -1.94. The van der Waals surface area contributed by atoms with Crippen molar-refractivity contribution in [2.75, 3.05) is 0 Å². The van der Waals surface area contributed by atoms with Crippen molar-refractivity contribution in [2.24, 2.45) is 0 Å². The largest absolute Gasteiger partial charge is 0.207 e. The molecule has 0 aliphatic carbocycles. The Morgan fingerprint density at radius 1 is 1.33 bits per heavy atom. The molecule has 0 amide bonds. The average molecular weight is 162 g/mol. The fraction of sp³-hybridized carbons (Fsp3) is 0.0909. The Bertz CT molecular complexity index is 293. The minimum Gasteiger partial charge on any atom is -0.207 e. The fourth-order valence-electron chi connectivity index (χ4n) is 0.881. The van der Waals surface area contributed by atoms with E-state index in [1.165, 1.54) is 17.7 Å². The second kappa shape index (κ2) is 3.86. The molecule has 0 N–H and O–H groups in total. The van der Waals surface area contributed by atoms with E-state index in [0.29, 0.717) is 0 Å². The third kappa shape index (κ3) is 2.35. The normalized spacial score (nSPS) is 11.3. The van der Waals surface area contributed by atoms with Crippen molar-refractivity contribution in [3.8, 4) is 0 Å². The smallest absolute Gasteiger partial charge is 0.123 e. The summed E-state index contributed by atoms with van der Waals surface area (Å²) in [6.45, 7) is 5.33. The first-order chi connectivity index (χ1) is 5.72. The number of allylic oxidation sites excluding steroid dienone is 2. The van der Waals surface area contributed by atoms with E-state index in [1.807, 2.05) is 31.2 Å². The van der Waals surface area contributed by atoms with E-state index in [1.54, 1.807) is 0 Å². The molecule has 0 aliphatic heterocycles. The minimum absolute atomic E-state index is 0.307. The maximum atomic E-state index is 12.7. The van der Waals surface area contributed by atoms with Gasteiger partial charge in [-0.2, -0.15) is 0 Å². The summed E-state index contributed by atoms with van der Waals surface area (Å²) in [6.07, 6.45) is 2.65. The van der Waals surface area contributed by atoms with Gasteiger partial charge in [0, 0.05) is 0 Å². The molecule has 0 nitrogen and oxygen atoms in total. The van der Waals surface area contributed by atoms with E-state index >= 15 is 0 Å². The van der Waals surface area contributed by atoms with Crippen molar-refractivity contribution in [3.05, 3.63) is 53.9 Å². The summed E-state index contributed by atoms with van der Waals surface area (Å²) >= 11 is 0. The van der Waals surface area contributed by atoms with Gasteiger partial charge >= 0.3 is 0 Å². The van der Waals surface area contributed by atoms with Crippen molar-refractivity contribution in [3.63, 3.8) is 0 Å². The summed E-state index contributed by atoms with van der Waals surface area (Å²) in [4.78, 5) is 0. The first-order valence-electron chi connectivity index (χ1n) is 3.78. The van der Waals surface area contributed by atoms with Crippen LogP contribution in [-0.4, -0.2) is 0 Å². The Balaban J connectivity index is 2.91. The van der Waals surface area contributed by atoms with Crippen molar-refractivity contribution in [1.29, 1.82) is 0 Å². The summed E-state index contributed by atoms with van der Waals surface area (Å²) in [7, 11) is 0. The third-order valence-electron chi connectivity index (χ3n) is 1.58. The lowest BCUT2D eigenvalue weighted by atomic mass is 10.1. The van der Waals surface area contributed by atoms with Gasteiger partial charge < -0.3 is 0 Å². The zero-order valence-corrected chi connectivity index (χ0v) is 7.05. The monoisotopic (exact) mass is 162 g/mol. The van der Waals surface area contributed by atoms with Gasteiger partial charge in [-0.3, -0.25) is 0 Å². The Morgan fingerprint density at radius 2 is 1.92 bits per heavy atom. The lowest BCUT2D eigenvalue weighted by molar-refractivity contribution is 0.675. The van der Waals surface area contributed by atoms with Gasteiger partial charge in [-0.05, 0) is 24.6 Å².